The van der Waals surface area contributed by atoms with E-state index in [9.17, 15) is 20.1 Å². The fourth-order valence-electron chi connectivity index (χ4n) is 4.61. The van der Waals surface area contributed by atoms with Crippen LogP contribution in [0.2, 0.25) is 0 Å². The van der Waals surface area contributed by atoms with Crippen molar-refractivity contribution in [3.63, 3.8) is 0 Å². The van der Waals surface area contributed by atoms with E-state index in [1.807, 2.05) is 0 Å². The zero-order valence-electron chi connectivity index (χ0n) is 18.3. The van der Waals surface area contributed by atoms with Crippen LogP contribution < -0.4 is 11.1 Å². The molecule has 1 saturated heterocycles. The summed E-state index contributed by atoms with van der Waals surface area (Å²) in [5, 5.41) is 34.6. The van der Waals surface area contributed by atoms with Crippen molar-refractivity contribution in [3.8, 4) is 11.8 Å². The molecule has 176 valence electrons. The summed E-state index contributed by atoms with van der Waals surface area (Å²) in [4.78, 5) is 25.2. The molecule has 11 nitrogen and oxygen atoms in total. The lowest BCUT2D eigenvalue weighted by molar-refractivity contribution is -0.137. The zero-order valence-corrected chi connectivity index (χ0v) is 18.3. The largest absolute Gasteiger partial charge is 0.387 e. The molecule has 0 radical (unpaired) electrons. The molecule has 2 aromatic heterocycles. The van der Waals surface area contributed by atoms with Gasteiger partial charge in [0.05, 0.1) is 6.33 Å². The second-order valence-corrected chi connectivity index (χ2v) is 9.45. The lowest BCUT2D eigenvalue weighted by Gasteiger charge is -2.30. The summed E-state index contributed by atoms with van der Waals surface area (Å²) in [6.45, 7) is 2.09. The molecule has 33 heavy (non-hydrogen) atoms. The van der Waals surface area contributed by atoms with Gasteiger partial charge in [-0.1, -0.05) is 19.3 Å². The lowest BCUT2D eigenvalue weighted by atomic mass is 9.79. The minimum absolute atomic E-state index is 0.0862. The van der Waals surface area contributed by atoms with Crippen molar-refractivity contribution < 1.29 is 24.9 Å². The highest BCUT2D eigenvalue weighted by molar-refractivity contribution is 5.83. The van der Waals surface area contributed by atoms with Gasteiger partial charge in [-0.3, -0.25) is 9.36 Å². The summed E-state index contributed by atoms with van der Waals surface area (Å²) in [5.41, 5.74) is 5.49. The Labute approximate surface area is 190 Å². The Morgan fingerprint density at radius 3 is 2.82 bits per heavy atom. The van der Waals surface area contributed by atoms with E-state index in [4.69, 9.17) is 10.5 Å². The number of aromatic nitrogens is 4. The molecule has 1 aliphatic heterocycles. The minimum Gasteiger partial charge on any atom is -0.387 e. The van der Waals surface area contributed by atoms with E-state index in [-0.39, 0.29) is 28.8 Å². The highest BCUT2D eigenvalue weighted by atomic mass is 16.6. The van der Waals surface area contributed by atoms with Crippen LogP contribution >= 0.6 is 0 Å². The molecule has 0 spiro atoms. The second-order valence-electron chi connectivity index (χ2n) is 9.45. The highest BCUT2D eigenvalue weighted by Crippen LogP contribution is 2.34. The summed E-state index contributed by atoms with van der Waals surface area (Å²) >= 11 is 0. The monoisotopic (exact) mass is 456 g/mol. The van der Waals surface area contributed by atoms with Crippen LogP contribution in [-0.2, 0) is 9.53 Å². The first-order valence-electron chi connectivity index (χ1n) is 11.3. The molecule has 0 aromatic carbocycles. The number of nitrogens with zero attached hydrogens (tertiary/aromatic N) is 4. The van der Waals surface area contributed by atoms with Gasteiger partial charge in [-0.2, -0.15) is 0 Å². The van der Waals surface area contributed by atoms with Crippen LogP contribution in [0.15, 0.2) is 6.33 Å². The molecule has 6 N–H and O–H groups in total. The highest BCUT2D eigenvalue weighted by Gasteiger charge is 2.48. The number of carbonyl (C=O) groups is 1. The summed E-state index contributed by atoms with van der Waals surface area (Å²) < 4.78 is 7.14. The van der Waals surface area contributed by atoms with Crippen LogP contribution in [0.3, 0.4) is 0 Å². The van der Waals surface area contributed by atoms with Crippen molar-refractivity contribution in [1.29, 1.82) is 0 Å². The minimum atomic E-state index is -1.41. The van der Waals surface area contributed by atoms with Crippen LogP contribution in [0.25, 0.3) is 11.2 Å². The Bertz CT molecular complexity index is 1140. The molecular weight excluding hydrogens is 428 g/mol. The first-order valence-corrected chi connectivity index (χ1v) is 11.3. The van der Waals surface area contributed by atoms with Crippen molar-refractivity contribution in [2.45, 2.75) is 81.6 Å². The third-order valence-corrected chi connectivity index (χ3v) is 6.52. The van der Waals surface area contributed by atoms with Gasteiger partial charge in [0.25, 0.3) is 5.91 Å². The zero-order chi connectivity index (χ0) is 23.3. The molecule has 3 fully saturated rings. The fourth-order valence-corrected chi connectivity index (χ4v) is 4.61. The maximum atomic E-state index is 12.4. The summed E-state index contributed by atoms with van der Waals surface area (Å²) in [7, 11) is 0. The van der Waals surface area contributed by atoms with Crippen molar-refractivity contribution in [1.82, 2.24) is 24.8 Å². The number of aliphatic hydroxyl groups is 3. The average Bonchev–Trinajstić information content (AvgIpc) is 3.40. The normalized spacial score (nSPS) is 34.1. The number of imidazole rings is 1. The predicted octanol–water partition coefficient (Wildman–Crippen LogP) is -0.401. The number of nitrogens with two attached hydrogens (primary N) is 1. The molecular formula is C22H28N6O5. The van der Waals surface area contributed by atoms with Gasteiger partial charge in [-0.05, 0) is 43.9 Å². The first kappa shape index (κ1) is 22.0. The van der Waals surface area contributed by atoms with E-state index >= 15 is 0 Å². The number of nitrogens with one attached hydrogen (secondary N) is 1. The molecule has 0 bridgehead atoms. The number of aliphatic hydroxyl groups excluding tert-OH is 2. The number of ether oxygens (including phenoxy) is 1. The number of nitrogen functional groups attached to an aromatic ring is 1. The Hall–Kier alpha value is -2.78. The van der Waals surface area contributed by atoms with E-state index in [1.54, 1.807) is 0 Å². The Kier molecular flexibility index (Phi) is 5.49. The SMILES string of the molecule is C[C@H]1CCCC(O)(C#Cc2nc(N)c3ncn(C4O[C@H](C(=O)NC5CC5)[C@H](O)[C@@H]4O)c3n2)C1. The number of anilines is 1. The molecule has 3 aliphatic rings. The Balaban J connectivity index is 1.43. The molecule has 1 amide bonds. The van der Waals surface area contributed by atoms with Crippen LogP contribution in [0, 0.1) is 17.8 Å². The average molecular weight is 457 g/mol. The molecule has 5 rings (SSSR count). The summed E-state index contributed by atoms with van der Waals surface area (Å²) in [5.74, 6) is 5.83. The Morgan fingerprint density at radius 2 is 2.09 bits per heavy atom. The van der Waals surface area contributed by atoms with Gasteiger partial charge in [-0.15, -0.1) is 0 Å². The van der Waals surface area contributed by atoms with E-state index in [0.29, 0.717) is 18.8 Å². The third-order valence-electron chi connectivity index (χ3n) is 6.52. The molecule has 2 aromatic rings. The number of hydrogen-bond acceptors (Lipinski definition) is 9. The van der Waals surface area contributed by atoms with Gasteiger partial charge in [-0.25, -0.2) is 15.0 Å². The topological polar surface area (TPSA) is 169 Å². The fraction of sp³-hybridized carbons (Fsp3) is 0.636. The molecule has 2 saturated carbocycles. The van der Waals surface area contributed by atoms with E-state index in [0.717, 1.165) is 25.7 Å². The maximum Gasteiger partial charge on any atom is 0.252 e. The number of fused-ring (bicyclic) bond motifs is 1. The first-order chi connectivity index (χ1) is 15.7. The number of rotatable bonds is 3. The molecule has 6 atom stereocenters. The van der Waals surface area contributed by atoms with Gasteiger partial charge in [0.1, 0.15) is 23.3 Å². The van der Waals surface area contributed by atoms with E-state index in [2.05, 4.69) is 39.0 Å². The predicted molar refractivity (Wildman–Crippen MR) is 116 cm³/mol. The van der Waals surface area contributed by atoms with Crippen LogP contribution in [0.5, 0.6) is 0 Å². The molecule has 2 unspecified atom stereocenters. The summed E-state index contributed by atoms with van der Waals surface area (Å²) in [6.07, 6.45) is 1.17. The second kappa shape index (κ2) is 8.22. The van der Waals surface area contributed by atoms with Crippen molar-refractivity contribution in [2.75, 3.05) is 5.73 Å². The Morgan fingerprint density at radius 1 is 1.30 bits per heavy atom. The van der Waals surface area contributed by atoms with Crippen molar-refractivity contribution >= 4 is 22.9 Å². The van der Waals surface area contributed by atoms with Gasteiger partial charge in [0, 0.05) is 6.04 Å². The molecule has 3 heterocycles. The smallest absolute Gasteiger partial charge is 0.252 e. The maximum absolute atomic E-state index is 12.4. The number of amides is 1. The van der Waals surface area contributed by atoms with Crippen LogP contribution in [0.4, 0.5) is 5.82 Å². The van der Waals surface area contributed by atoms with Gasteiger partial charge in [0.15, 0.2) is 23.8 Å². The van der Waals surface area contributed by atoms with Crippen molar-refractivity contribution in [3.05, 3.63) is 12.2 Å². The quantitative estimate of drug-likeness (QED) is 0.386. The lowest BCUT2D eigenvalue weighted by Crippen LogP contribution is -2.43. The van der Waals surface area contributed by atoms with Crippen LogP contribution in [0.1, 0.15) is 57.5 Å². The molecule has 2 aliphatic carbocycles. The summed E-state index contributed by atoms with van der Waals surface area (Å²) in [6, 6.07) is 0.0919. The number of carbonyl (C=O) groups excluding carboxylic acids is 1. The van der Waals surface area contributed by atoms with Gasteiger partial charge in [0.2, 0.25) is 5.82 Å². The third kappa shape index (κ3) is 4.27. The molecule has 11 heteroatoms. The number of hydrogen-bond donors (Lipinski definition) is 5. The standard InChI is InChI=1S/C22H28N6O5/c1-11-3-2-7-22(32,9-11)8-6-13-26-18(23)14-19(27-13)28(10-24-14)21-16(30)15(29)17(33-21)20(31)25-12-4-5-12/h10-12,15-17,21,29-30,32H,2-5,7,9H2,1H3,(H,25,31)(H2,23,26,27)/t11-,15+,16-,17-,21?,22?/m0/s1. The van der Waals surface area contributed by atoms with Gasteiger partial charge < -0.3 is 31.1 Å². The van der Waals surface area contributed by atoms with Gasteiger partial charge >= 0.3 is 0 Å². The van der Waals surface area contributed by atoms with Crippen molar-refractivity contribution in [2.24, 2.45) is 5.92 Å². The van der Waals surface area contributed by atoms with E-state index < -0.39 is 36.0 Å². The van der Waals surface area contributed by atoms with Crippen LogP contribution in [-0.4, -0.2) is 70.7 Å². The van der Waals surface area contributed by atoms with E-state index in [1.165, 1.54) is 10.9 Å².